The second-order valence-corrected chi connectivity index (χ2v) is 2.35. The van der Waals surface area contributed by atoms with Gasteiger partial charge in [-0.3, -0.25) is 0 Å². The van der Waals surface area contributed by atoms with Gasteiger partial charge in [0.25, 0.3) is 0 Å². The first kappa shape index (κ1) is 9.95. The van der Waals surface area contributed by atoms with Gasteiger partial charge >= 0.3 is 0 Å². The third-order valence-electron chi connectivity index (χ3n) is 0.707. The van der Waals surface area contributed by atoms with Gasteiger partial charge in [0, 0.05) is 0 Å². The van der Waals surface area contributed by atoms with Gasteiger partial charge in [-0.1, -0.05) is 19.8 Å². The molecular formula is C4H12AlCl. The molecule has 0 aromatic heterocycles. The predicted molar refractivity (Wildman–Crippen MR) is 35.5 cm³/mol. The van der Waals surface area contributed by atoms with E-state index in [1.165, 1.54) is 34.4 Å². The minimum absolute atomic E-state index is 0. The molecule has 0 aliphatic rings. The molecule has 0 aliphatic carbocycles. The van der Waals surface area contributed by atoms with Crippen LogP contribution < -0.4 is 0 Å². The van der Waals surface area contributed by atoms with Gasteiger partial charge in [0.05, 0.1) is 0 Å². The standard InChI is InChI=1S/C4H9.Al.ClH.2H/c1-3-4-2;;;;/h1,3-4H2,2H3;;1H;;. The van der Waals surface area contributed by atoms with Crippen LogP contribution in [0.4, 0.5) is 0 Å². The van der Waals surface area contributed by atoms with E-state index >= 15 is 0 Å². The van der Waals surface area contributed by atoms with Crippen LogP contribution in [-0.2, 0) is 0 Å². The minimum atomic E-state index is 0. The average molecular weight is 123 g/mol. The lowest BCUT2D eigenvalue weighted by Gasteiger charge is -1.78. The Morgan fingerprint density at radius 3 is 2.00 bits per heavy atom. The molecule has 2 heteroatoms. The number of hydrogen-bond acceptors (Lipinski definition) is 0. The van der Waals surface area contributed by atoms with Crippen LogP contribution in [0.15, 0.2) is 0 Å². The third-order valence-corrected chi connectivity index (χ3v) is 1.41. The molecule has 0 radical (unpaired) electrons. The zero-order valence-corrected chi connectivity index (χ0v) is 7.35. The van der Waals surface area contributed by atoms with Crippen molar-refractivity contribution in [1.82, 2.24) is 0 Å². The van der Waals surface area contributed by atoms with Crippen molar-refractivity contribution < 1.29 is 0 Å². The van der Waals surface area contributed by atoms with Crippen LogP contribution in [0.5, 0.6) is 0 Å². The maximum atomic E-state index is 2.23. The molecule has 0 atom stereocenters. The normalized spacial score (nSPS) is 6.83. The SMILES string of the molecule is CCC[CH2][AlH2].Cl. The predicted octanol–water partition coefficient (Wildman–Crippen LogP) is 1.26. The number of halogens is 1. The summed E-state index contributed by atoms with van der Waals surface area (Å²) in [5.41, 5.74) is 0. The van der Waals surface area contributed by atoms with Crippen LogP contribution in [0.1, 0.15) is 19.8 Å². The summed E-state index contributed by atoms with van der Waals surface area (Å²) in [4.78, 5) is 0. The van der Waals surface area contributed by atoms with Crippen molar-refractivity contribution in [3.05, 3.63) is 0 Å². The summed E-state index contributed by atoms with van der Waals surface area (Å²) in [5, 5.41) is 1.48. The maximum Gasteiger partial charge on any atom is 0.211 e. The molecule has 0 unspecified atom stereocenters. The summed E-state index contributed by atoms with van der Waals surface area (Å²) in [6.45, 7) is 2.23. The summed E-state index contributed by atoms with van der Waals surface area (Å²) in [5.74, 6) is 0. The first-order chi connectivity index (χ1) is 2.41. The molecule has 0 N–H and O–H groups in total. The molecular weight excluding hydrogens is 110 g/mol. The van der Waals surface area contributed by atoms with Gasteiger partial charge in [-0.2, -0.15) is 0 Å². The van der Waals surface area contributed by atoms with E-state index in [0.29, 0.717) is 0 Å². The van der Waals surface area contributed by atoms with Crippen molar-refractivity contribution in [3.63, 3.8) is 0 Å². The van der Waals surface area contributed by atoms with Crippen LogP contribution in [0.3, 0.4) is 0 Å². The Labute approximate surface area is 54.1 Å². The van der Waals surface area contributed by atoms with Gasteiger partial charge < -0.3 is 0 Å². The first-order valence-electron chi connectivity index (χ1n) is 2.41. The van der Waals surface area contributed by atoms with E-state index in [0.717, 1.165) is 0 Å². The van der Waals surface area contributed by atoms with Crippen LogP contribution in [-0.4, -0.2) is 16.3 Å². The largest absolute Gasteiger partial charge is 0.211 e. The van der Waals surface area contributed by atoms with E-state index in [-0.39, 0.29) is 12.4 Å². The molecule has 0 saturated heterocycles. The smallest absolute Gasteiger partial charge is 0.147 e. The Balaban J connectivity index is 0. The fourth-order valence-electron chi connectivity index (χ4n) is 0.354. The van der Waals surface area contributed by atoms with E-state index in [2.05, 4.69) is 6.92 Å². The van der Waals surface area contributed by atoms with E-state index in [4.69, 9.17) is 0 Å². The van der Waals surface area contributed by atoms with Gasteiger partial charge in [-0.15, -0.1) is 17.7 Å². The second kappa shape index (κ2) is 9.27. The summed E-state index contributed by atoms with van der Waals surface area (Å²) in [7, 11) is 0. The van der Waals surface area contributed by atoms with Crippen molar-refractivity contribution in [2.75, 3.05) is 0 Å². The van der Waals surface area contributed by atoms with Crippen LogP contribution in [0, 0.1) is 0 Å². The number of hydrogen-bond donors (Lipinski definition) is 0. The summed E-state index contributed by atoms with van der Waals surface area (Å²) < 4.78 is 0. The molecule has 0 aromatic carbocycles. The first-order valence-corrected chi connectivity index (χ1v) is 3.83. The summed E-state index contributed by atoms with van der Waals surface area (Å²) in [6, 6.07) is 0. The highest BCUT2D eigenvalue weighted by Gasteiger charge is 1.69. The van der Waals surface area contributed by atoms with Crippen LogP contribution >= 0.6 is 12.4 Å². The molecule has 0 spiro atoms. The Morgan fingerprint density at radius 1 is 1.50 bits per heavy atom. The van der Waals surface area contributed by atoms with E-state index in [1.807, 2.05) is 0 Å². The Kier molecular flexibility index (Phi) is 15.4. The molecule has 0 heterocycles. The zero-order valence-electron chi connectivity index (χ0n) is 4.53. The fourth-order valence-corrected chi connectivity index (χ4v) is 1.06. The fraction of sp³-hybridized carbons (Fsp3) is 1.00. The van der Waals surface area contributed by atoms with Gasteiger partial charge in [-0.05, 0) is 0 Å². The quantitative estimate of drug-likeness (QED) is 0.484. The molecule has 0 aliphatic heterocycles. The van der Waals surface area contributed by atoms with Crippen molar-refractivity contribution >= 4 is 28.7 Å². The Morgan fingerprint density at radius 2 is 2.00 bits per heavy atom. The highest BCUT2D eigenvalue weighted by Crippen LogP contribution is 1.86. The molecule has 0 bridgehead atoms. The number of rotatable bonds is 2. The van der Waals surface area contributed by atoms with Crippen molar-refractivity contribution in [2.24, 2.45) is 0 Å². The molecule has 0 fully saturated rings. The van der Waals surface area contributed by atoms with Gasteiger partial charge in [0.2, 0.25) is 16.3 Å². The van der Waals surface area contributed by atoms with E-state index < -0.39 is 0 Å². The topological polar surface area (TPSA) is 0 Å². The monoisotopic (exact) mass is 122 g/mol. The zero-order chi connectivity index (χ0) is 4.12. The molecule has 0 aromatic rings. The van der Waals surface area contributed by atoms with Crippen molar-refractivity contribution in [1.29, 1.82) is 0 Å². The van der Waals surface area contributed by atoms with Crippen LogP contribution in [0.25, 0.3) is 0 Å². The highest BCUT2D eigenvalue weighted by molar-refractivity contribution is 6.08. The van der Waals surface area contributed by atoms with E-state index in [1.54, 1.807) is 0 Å². The maximum absolute atomic E-state index is 2.23. The lowest BCUT2D eigenvalue weighted by atomic mass is 10.4. The van der Waals surface area contributed by atoms with E-state index in [9.17, 15) is 0 Å². The summed E-state index contributed by atoms with van der Waals surface area (Å²) >= 11 is 1.40. The van der Waals surface area contributed by atoms with Gasteiger partial charge in [0.1, 0.15) is 0 Å². The molecule has 38 valence electrons. The molecule has 0 amide bonds. The minimum Gasteiger partial charge on any atom is -0.147 e. The van der Waals surface area contributed by atoms with Crippen molar-refractivity contribution in [2.45, 2.75) is 25.0 Å². The summed E-state index contributed by atoms with van der Waals surface area (Å²) in [6.07, 6.45) is 2.83. The van der Waals surface area contributed by atoms with Gasteiger partial charge in [-0.25, -0.2) is 0 Å². The molecule has 0 nitrogen and oxygen atoms in total. The molecule has 0 rings (SSSR count). The molecule has 0 saturated carbocycles. The third kappa shape index (κ3) is 8.85. The Hall–Kier alpha value is 0.822. The van der Waals surface area contributed by atoms with Crippen molar-refractivity contribution in [3.8, 4) is 0 Å². The second-order valence-electron chi connectivity index (χ2n) is 1.35. The lowest BCUT2D eigenvalue weighted by molar-refractivity contribution is 0.884. The average Bonchev–Trinajstić information content (AvgIpc) is 1.41. The van der Waals surface area contributed by atoms with Gasteiger partial charge in [0.15, 0.2) is 0 Å². The highest BCUT2D eigenvalue weighted by atomic mass is 35.5. The molecule has 6 heavy (non-hydrogen) atoms. The Bertz CT molecular complexity index is 15.0. The lowest BCUT2D eigenvalue weighted by Crippen LogP contribution is -1.63. The van der Waals surface area contributed by atoms with Crippen LogP contribution in [0.2, 0.25) is 5.28 Å². The number of unbranched alkanes of at least 4 members (excludes halogenated alkanes) is 1.